The maximum absolute atomic E-state index is 4.80. The van der Waals surface area contributed by atoms with Crippen molar-refractivity contribution in [1.29, 1.82) is 0 Å². The van der Waals surface area contributed by atoms with Crippen molar-refractivity contribution in [2.45, 2.75) is 45.7 Å². The van der Waals surface area contributed by atoms with Gasteiger partial charge in [-0.05, 0) is 45.7 Å². The fourth-order valence-corrected chi connectivity index (χ4v) is 3.03. The van der Waals surface area contributed by atoms with Crippen LogP contribution in [0.3, 0.4) is 0 Å². The second-order valence-electron chi connectivity index (χ2n) is 7.01. The summed E-state index contributed by atoms with van der Waals surface area (Å²) in [6, 6.07) is 6.99. The first-order chi connectivity index (χ1) is 12.0. The van der Waals surface area contributed by atoms with Crippen molar-refractivity contribution >= 4 is 17.5 Å². The minimum atomic E-state index is 0.414. The Morgan fingerprint density at radius 3 is 2.48 bits per heavy atom. The van der Waals surface area contributed by atoms with E-state index in [1.165, 1.54) is 0 Å². The maximum Gasteiger partial charge on any atom is 0.227 e. The van der Waals surface area contributed by atoms with E-state index in [-0.39, 0.29) is 0 Å². The Kier molecular flexibility index (Phi) is 5.36. The largest absolute Gasteiger partial charge is 0.382 e. The maximum atomic E-state index is 4.80. The topological polar surface area (TPSA) is 57.2 Å². The molecule has 1 aliphatic heterocycles. The van der Waals surface area contributed by atoms with E-state index >= 15 is 0 Å². The van der Waals surface area contributed by atoms with Crippen LogP contribution in [0, 0.1) is 6.92 Å². The second kappa shape index (κ2) is 7.68. The quantitative estimate of drug-likeness (QED) is 0.902. The molecule has 0 aliphatic carbocycles. The molecular weight excluding hydrogens is 312 g/mol. The van der Waals surface area contributed by atoms with Crippen molar-refractivity contribution in [2.75, 3.05) is 35.3 Å². The number of anilines is 3. The van der Waals surface area contributed by atoms with Gasteiger partial charge in [-0.2, -0.15) is 4.98 Å². The van der Waals surface area contributed by atoms with Crippen molar-refractivity contribution in [1.82, 2.24) is 15.0 Å². The smallest absolute Gasteiger partial charge is 0.227 e. The van der Waals surface area contributed by atoms with E-state index in [2.05, 4.69) is 52.0 Å². The summed E-state index contributed by atoms with van der Waals surface area (Å²) in [5, 5.41) is 3.59. The van der Waals surface area contributed by atoms with Crippen LogP contribution in [0.4, 0.5) is 17.5 Å². The first-order valence-electron chi connectivity index (χ1n) is 9.03. The highest BCUT2D eigenvalue weighted by molar-refractivity contribution is 5.47. The standard InChI is InChI=1S/C19H28N6/c1-14(2)24(4)18-13-15(3)21-19(23-18)25-11-7-17(8-12-25)22-16-5-9-20-10-6-16/h5-6,9-10,13-14,17H,7-8,11-12H2,1-4H3,(H,20,22). The summed E-state index contributed by atoms with van der Waals surface area (Å²) in [6.45, 7) is 8.33. The number of aryl methyl sites for hydroxylation is 1. The highest BCUT2D eigenvalue weighted by Gasteiger charge is 2.22. The molecule has 0 aromatic carbocycles. The number of rotatable bonds is 5. The highest BCUT2D eigenvalue weighted by Crippen LogP contribution is 2.22. The predicted octanol–water partition coefficient (Wildman–Crippen LogP) is 3.11. The molecule has 1 fully saturated rings. The Labute approximate surface area is 150 Å². The van der Waals surface area contributed by atoms with Crippen LogP contribution >= 0.6 is 0 Å². The number of hydrogen-bond donors (Lipinski definition) is 1. The molecule has 3 heterocycles. The van der Waals surface area contributed by atoms with E-state index in [1.807, 2.05) is 31.5 Å². The monoisotopic (exact) mass is 340 g/mol. The zero-order valence-corrected chi connectivity index (χ0v) is 15.6. The molecule has 0 unspecified atom stereocenters. The normalized spacial score (nSPS) is 15.5. The lowest BCUT2D eigenvalue weighted by atomic mass is 10.1. The van der Waals surface area contributed by atoms with Gasteiger partial charge in [-0.25, -0.2) is 4.98 Å². The lowest BCUT2D eigenvalue weighted by Crippen LogP contribution is -2.40. The average molecular weight is 340 g/mol. The molecule has 1 aliphatic rings. The van der Waals surface area contributed by atoms with E-state index in [4.69, 9.17) is 4.98 Å². The number of hydrogen-bond acceptors (Lipinski definition) is 6. The summed E-state index contributed by atoms with van der Waals surface area (Å²) in [4.78, 5) is 18.0. The van der Waals surface area contributed by atoms with Crippen LogP contribution in [0.15, 0.2) is 30.6 Å². The van der Waals surface area contributed by atoms with Crippen LogP contribution in [0.5, 0.6) is 0 Å². The van der Waals surface area contributed by atoms with Gasteiger partial charge in [-0.15, -0.1) is 0 Å². The molecule has 2 aromatic rings. The first kappa shape index (κ1) is 17.5. The molecule has 1 N–H and O–H groups in total. The molecule has 1 saturated heterocycles. The van der Waals surface area contributed by atoms with Crippen LogP contribution in [0.2, 0.25) is 0 Å². The SMILES string of the molecule is Cc1cc(N(C)C(C)C)nc(N2CCC(Nc3ccncc3)CC2)n1. The van der Waals surface area contributed by atoms with Gasteiger partial charge in [0.15, 0.2) is 0 Å². The minimum absolute atomic E-state index is 0.414. The Morgan fingerprint density at radius 1 is 1.16 bits per heavy atom. The van der Waals surface area contributed by atoms with Gasteiger partial charge in [0.25, 0.3) is 0 Å². The molecule has 0 spiro atoms. The number of piperidine rings is 1. The zero-order valence-electron chi connectivity index (χ0n) is 15.6. The highest BCUT2D eigenvalue weighted by atomic mass is 15.3. The number of nitrogens with one attached hydrogen (secondary N) is 1. The minimum Gasteiger partial charge on any atom is -0.382 e. The van der Waals surface area contributed by atoms with Crippen molar-refractivity contribution in [3.8, 4) is 0 Å². The molecule has 0 radical (unpaired) electrons. The Morgan fingerprint density at radius 2 is 1.84 bits per heavy atom. The van der Waals surface area contributed by atoms with E-state index < -0.39 is 0 Å². The van der Waals surface area contributed by atoms with Crippen LogP contribution in [-0.4, -0.2) is 47.2 Å². The van der Waals surface area contributed by atoms with Gasteiger partial charge in [0, 0.05) is 62.1 Å². The summed E-state index contributed by atoms with van der Waals surface area (Å²) >= 11 is 0. The van der Waals surface area contributed by atoms with Crippen molar-refractivity contribution in [3.05, 3.63) is 36.3 Å². The third-order valence-electron chi connectivity index (χ3n) is 4.79. The van der Waals surface area contributed by atoms with Gasteiger partial charge in [0.2, 0.25) is 5.95 Å². The van der Waals surface area contributed by atoms with Gasteiger partial charge in [0.05, 0.1) is 0 Å². The van der Waals surface area contributed by atoms with Crippen molar-refractivity contribution < 1.29 is 0 Å². The first-order valence-corrected chi connectivity index (χ1v) is 9.03. The van der Waals surface area contributed by atoms with E-state index in [9.17, 15) is 0 Å². The lowest BCUT2D eigenvalue weighted by molar-refractivity contribution is 0.519. The van der Waals surface area contributed by atoms with Gasteiger partial charge in [0.1, 0.15) is 5.82 Å². The van der Waals surface area contributed by atoms with Crippen LogP contribution in [0.25, 0.3) is 0 Å². The molecular formula is C19H28N6. The van der Waals surface area contributed by atoms with Gasteiger partial charge >= 0.3 is 0 Å². The molecule has 2 aromatic heterocycles. The number of pyridine rings is 1. The molecule has 0 saturated carbocycles. The summed E-state index contributed by atoms with van der Waals surface area (Å²) in [5.41, 5.74) is 2.16. The summed E-state index contributed by atoms with van der Waals surface area (Å²) in [7, 11) is 2.08. The third kappa shape index (κ3) is 4.38. The lowest BCUT2D eigenvalue weighted by Gasteiger charge is -2.33. The molecule has 0 amide bonds. The summed E-state index contributed by atoms with van der Waals surface area (Å²) in [5.74, 6) is 1.85. The number of aromatic nitrogens is 3. The average Bonchev–Trinajstić information content (AvgIpc) is 2.62. The molecule has 25 heavy (non-hydrogen) atoms. The summed E-state index contributed by atoms with van der Waals surface area (Å²) < 4.78 is 0. The van der Waals surface area contributed by atoms with E-state index in [0.717, 1.165) is 49.1 Å². The fourth-order valence-electron chi connectivity index (χ4n) is 3.03. The Balaban J connectivity index is 1.64. The third-order valence-corrected chi connectivity index (χ3v) is 4.79. The van der Waals surface area contributed by atoms with Crippen LogP contribution in [-0.2, 0) is 0 Å². The summed E-state index contributed by atoms with van der Waals surface area (Å²) in [6.07, 6.45) is 5.81. The Hall–Kier alpha value is -2.37. The van der Waals surface area contributed by atoms with Crippen LogP contribution in [0.1, 0.15) is 32.4 Å². The molecule has 6 nitrogen and oxygen atoms in total. The molecule has 0 bridgehead atoms. The zero-order chi connectivity index (χ0) is 17.8. The van der Waals surface area contributed by atoms with Gasteiger partial charge in [-0.3, -0.25) is 4.98 Å². The van der Waals surface area contributed by atoms with Crippen LogP contribution < -0.4 is 15.1 Å². The molecule has 0 atom stereocenters. The van der Waals surface area contributed by atoms with Gasteiger partial charge < -0.3 is 15.1 Å². The van der Waals surface area contributed by atoms with Crippen molar-refractivity contribution in [3.63, 3.8) is 0 Å². The second-order valence-corrected chi connectivity index (χ2v) is 7.01. The Bertz CT molecular complexity index is 680. The van der Waals surface area contributed by atoms with E-state index in [1.54, 1.807) is 0 Å². The molecule has 3 rings (SSSR count). The van der Waals surface area contributed by atoms with Gasteiger partial charge in [-0.1, -0.05) is 0 Å². The molecule has 6 heteroatoms. The molecule has 134 valence electrons. The van der Waals surface area contributed by atoms with Crippen molar-refractivity contribution in [2.24, 2.45) is 0 Å². The predicted molar refractivity (Wildman–Crippen MR) is 103 cm³/mol. The fraction of sp³-hybridized carbons (Fsp3) is 0.526. The van der Waals surface area contributed by atoms with E-state index in [0.29, 0.717) is 12.1 Å². The number of nitrogens with zero attached hydrogens (tertiary/aromatic N) is 5.